The zero-order valence-electron chi connectivity index (χ0n) is 15.5. The lowest BCUT2D eigenvalue weighted by molar-refractivity contribution is 0.125. The molecular weight excluding hydrogens is 302 g/mol. The Kier molecular flexibility index (Phi) is 4.71. The predicted molar refractivity (Wildman–Crippen MR) is 92.5 cm³/mol. The van der Waals surface area contributed by atoms with Gasteiger partial charge in [-0.05, 0) is 40.2 Å². The summed E-state index contributed by atoms with van der Waals surface area (Å²) in [6.45, 7) is 12.6. The molecule has 0 aliphatic carbocycles. The summed E-state index contributed by atoms with van der Waals surface area (Å²) in [5.74, 6) is 3.24. The topological polar surface area (TPSA) is 75.5 Å². The van der Waals surface area contributed by atoms with Crippen LogP contribution in [0.3, 0.4) is 0 Å². The molecule has 0 amide bonds. The maximum Gasteiger partial charge on any atom is 0.153 e. The molecule has 1 N–H and O–H groups in total. The standard InChI is InChI=1S/C17H29N7/c1-12(2)15-20-16(22-21-15)13-8-6-7-9-23(13)10-14-18-11-19-24(14)17(3,4)5/h11-13H,6-10H2,1-5H3,(H,20,21,22)/t13-/m1/s1. The molecule has 2 aromatic rings. The highest BCUT2D eigenvalue weighted by Gasteiger charge is 2.29. The van der Waals surface area contributed by atoms with E-state index in [4.69, 9.17) is 4.98 Å². The second-order valence-electron chi connectivity index (χ2n) is 7.97. The van der Waals surface area contributed by atoms with Gasteiger partial charge in [-0.15, -0.1) is 0 Å². The number of aromatic nitrogens is 6. The van der Waals surface area contributed by atoms with E-state index in [1.165, 1.54) is 12.8 Å². The van der Waals surface area contributed by atoms with Crippen molar-refractivity contribution in [3.8, 4) is 0 Å². The van der Waals surface area contributed by atoms with E-state index in [0.717, 1.165) is 37.0 Å². The van der Waals surface area contributed by atoms with Crippen LogP contribution in [0.25, 0.3) is 0 Å². The molecule has 0 spiro atoms. The van der Waals surface area contributed by atoms with Gasteiger partial charge >= 0.3 is 0 Å². The Morgan fingerprint density at radius 3 is 2.75 bits per heavy atom. The lowest BCUT2D eigenvalue weighted by atomic mass is 10.0. The van der Waals surface area contributed by atoms with E-state index in [-0.39, 0.29) is 11.6 Å². The van der Waals surface area contributed by atoms with Crippen LogP contribution in [0.1, 0.15) is 83.3 Å². The number of nitrogens with one attached hydrogen (secondary N) is 1. The fourth-order valence-corrected chi connectivity index (χ4v) is 3.30. The molecule has 3 rings (SSSR count). The molecule has 0 saturated carbocycles. The average molecular weight is 331 g/mol. The second-order valence-corrected chi connectivity index (χ2v) is 7.97. The second kappa shape index (κ2) is 6.63. The maximum atomic E-state index is 4.73. The van der Waals surface area contributed by atoms with Crippen LogP contribution >= 0.6 is 0 Å². The van der Waals surface area contributed by atoms with Gasteiger partial charge in [0.15, 0.2) is 5.82 Å². The van der Waals surface area contributed by atoms with Crippen molar-refractivity contribution < 1.29 is 0 Å². The van der Waals surface area contributed by atoms with Crippen LogP contribution in [-0.4, -0.2) is 41.4 Å². The summed E-state index contributed by atoms with van der Waals surface area (Å²) in [6, 6.07) is 0.281. The van der Waals surface area contributed by atoms with Gasteiger partial charge in [-0.1, -0.05) is 20.3 Å². The number of nitrogens with zero attached hydrogens (tertiary/aromatic N) is 6. The summed E-state index contributed by atoms with van der Waals surface area (Å²) in [7, 11) is 0. The van der Waals surface area contributed by atoms with Crippen molar-refractivity contribution in [1.82, 2.24) is 34.8 Å². The first-order valence-electron chi connectivity index (χ1n) is 8.92. The highest BCUT2D eigenvalue weighted by atomic mass is 15.4. The van der Waals surface area contributed by atoms with E-state index < -0.39 is 0 Å². The quantitative estimate of drug-likeness (QED) is 0.932. The van der Waals surface area contributed by atoms with Crippen molar-refractivity contribution in [2.24, 2.45) is 0 Å². The van der Waals surface area contributed by atoms with Crippen LogP contribution in [-0.2, 0) is 12.1 Å². The van der Waals surface area contributed by atoms with Crippen molar-refractivity contribution in [2.75, 3.05) is 6.54 Å². The molecule has 1 atom stereocenters. The average Bonchev–Trinajstić information content (AvgIpc) is 3.16. The van der Waals surface area contributed by atoms with Crippen LogP contribution in [0.15, 0.2) is 6.33 Å². The van der Waals surface area contributed by atoms with Gasteiger partial charge in [-0.3, -0.25) is 10.00 Å². The number of hydrogen-bond acceptors (Lipinski definition) is 5. The molecule has 0 bridgehead atoms. The molecule has 132 valence electrons. The fraction of sp³-hybridized carbons (Fsp3) is 0.765. The molecule has 7 heteroatoms. The molecule has 0 unspecified atom stereocenters. The number of likely N-dealkylation sites (tertiary alicyclic amines) is 1. The molecule has 0 aromatic carbocycles. The largest absolute Gasteiger partial charge is 0.286 e. The van der Waals surface area contributed by atoms with E-state index in [9.17, 15) is 0 Å². The van der Waals surface area contributed by atoms with Gasteiger partial charge in [0.25, 0.3) is 0 Å². The van der Waals surface area contributed by atoms with Gasteiger partial charge in [-0.25, -0.2) is 14.6 Å². The minimum Gasteiger partial charge on any atom is -0.286 e. The van der Waals surface area contributed by atoms with E-state index in [1.807, 2.05) is 4.68 Å². The molecule has 2 aromatic heterocycles. The first-order chi connectivity index (χ1) is 11.4. The molecule has 1 aliphatic heterocycles. The molecule has 1 fully saturated rings. The van der Waals surface area contributed by atoms with Crippen molar-refractivity contribution in [3.05, 3.63) is 23.8 Å². The monoisotopic (exact) mass is 331 g/mol. The third-order valence-electron chi connectivity index (χ3n) is 4.56. The van der Waals surface area contributed by atoms with Crippen LogP contribution < -0.4 is 0 Å². The molecule has 3 heterocycles. The van der Waals surface area contributed by atoms with Crippen molar-refractivity contribution >= 4 is 0 Å². The van der Waals surface area contributed by atoms with Crippen molar-refractivity contribution in [3.63, 3.8) is 0 Å². The third kappa shape index (κ3) is 3.50. The van der Waals surface area contributed by atoms with Gasteiger partial charge in [0.2, 0.25) is 0 Å². The number of rotatable bonds is 4. The van der Waals surface area contributed by atoms with Crippen LogP contribution in [0.4, 0.5) is 0 Å². The van der Waals surface area contributed by atoms with Crippen molar-refractivity contribution in [1.29, 1.82) is 0 Å². The lowest BCUT2D eigenvalue weighted by Gasteiger charge is -2.34. The summed E-state index contributed by atoms with van der Waals surface area (Å²) in [5.41, 5.74) is -0.0613. The molecular formula is C17H29N7. The normalized spacial score (nSPS) is 20.0. The summed E-state index contributed by atoms with van der Waals surface area (Å²) in [5, 5.41) is 12.0. The molecule has 7 nitrogen and oxygen atoms in total. The summed E-state index contributed by atoms with van der Waals surface area (Å²) >= 11 is 0. The Bertz CT molecular complexity index is 665. The predicted octanol–water partition coefficient (Wildman–Crippen LogP) is 3.00. The molecule has 1 aliphatic rings. The van der Waals surface area contributed by atoms with Crippen LogP contribution in [0.2, 0.25) is 0 Å². The molecule has 24 heavy (non-hydrogen) atoms. The highest BCUT2D eigenvalue weighted by Crippen LogP contribution is 2.31. The van der Waals surface area contributed by atoms with Gasteiger partial charge in [-0.2, -0.15) is 10.2 Å². The first kappa shape index (κ1) is 17.1. The van der Waals surface area contributed by atoms with E-state index >= 15 is 0 Å². The Balaban J connectivity index is 1.81. The Morgan fingerprint density at radius 1 is 1.29 bits per heavy atom. The number of H-pyrrole nitrogens is 1. The zero-order valence-corrected chi connectivity index (χ0v) is 15.5. The number of piperidine rings is 1. The minimum absolute atomic E-state index is 0.0613. The van der Waals surface area contributed by atoms with Gasteiger partial charge in [0, 0.05) is 5.92 Å². The van der Waals surface area contributed by atoms with Gasteiger partial charge in [0.1, 0.15) is 18.0 Å². The maximum absolute atomic E-state index is 4.73. The molecule has 1 saturated heterocycles. The van der Waals surface area contributed by atoms with E-state index in [2.05, 4.69) is 59.8 Å². The third-order valence-corrected chi connectivity index (χ3v) is 4.56. The Hall–Kier alpha value is -1.76. The summed E-state index contributed by atoms with van der Waals surface area (Å²) in [6.07, 6.45) is 5.21. The summed E-state index contributed by atoms with van der Waals surface area (Å²) < 4.78 is 2.03. The van der Waals surface area contributed by atoms with E-state index in [1.54, 1.807) is 6.33 Å². The van der Waals surface area contributed by atoms with Crippen LogP contribution in [0, 0.1) is 0 Å². The Labute approximate surface area is 143 Å². The van der Waals surface area contributed by atoms with E-state index in [0.29, 0.717) is 5.92 Å². The smallest absolute Gasteiger partial charge is 0.153 e. The highest BCUT2D eigenvalue weighted by molar-refractivity contribution is 5.02. The lowest BCUT2D eigenvalue weighted by Crippen LogP contribution is -2.36. The van der Waals surface area contributed by atoms with Crippen molar-refractivity contribution in [2.45, 2.75) is 77.9 Å². The number of aromatic amines is 1. The van der Waals surface area contributed by atoms with Gasteiger partial charge in [0.05, 0.1) is 18.1 Å². The zero-order chi connectivity index (χ0) is 17.3. The summed E-state index contributed by atoms with van der Waals surface area (Å²) in [4.78, 5) is 11.7. The minimum atomic E-state index is -0.0613. The molecule has 0 radical (unpaired) electrons. The van der Waals surface area contributed by atoms with Gasteiger partial charge < -0.3 is 0 Å². The van der Waals surface area contributed by atoms with Crippen LogP contribution in [0.5, 0.6) is 0 Å². The fourth-order valence-electron chi connectivity index (χ4n) is 3.30. The Morgan fingerprint density at radius 2 is 2.08 bits per heavy atom. The first-order valence-corrected chi connectivity index (χ1v) is 8.92. The SMILES string of the molecule is CC(C)c1n[nH]c([C@H]2CCCCN2Cc2ncnn2C(C)(C)C)n1. The number of hydrogen-bond donors (Lipinski definition) is 1.